The highest BCUT2D eigenvalue weighted by Gasteiger charge is 2.14. The van der Waals surface area contributed by atoms with Crippen LogP contribution >= 0.6 is 11.6 Å². The molecule has 0 fully saturated rings. The number of carbonyl (C=O) groups is 2. The Labute approximate surface area is 183 Å². The Balaban J connectivity index is 1.46. The molecular weight excluding hydrogens is 416 g/mol. The van der Waals surface area contributed by atoms with E-state index in [1.54, 1.807) is 65.2 Å². The van der Waals surface area contributed by atoms with Crippen LogP contribution in [0.1, 0.15) is 5.56 Å². The van der Waals surface area contributed by atoms with Gasteiger partial charge in [0, 0.05) is 22.3 Å². The first-order valence-corrected chi connectivity index (χ1v) is 10.1. The van der Waals surface area contributed by atoms with Crippen molar-refractivity contribution in [3.63, 3.8) is 0 Å². The molecule has 0 atom stereocenters. The van der Waals surface area contributed by atoms with E-state index >= 15 is 0 Å². The summed E-state index contributed by atoms with van der Waals surface area (Å²) in [6.07, 6.45) is 0. The quantitative estimate of drug-likeness (QED) is 0.371. The van der Waals surface area contributed by atoms with E-state index in [0.717, 1.165) is 5.56 Å². The zero-order valence-electron chi connectivity index (χ0n) is 16.5. The fraction of sp³-hybridized carbons (Fsp3) is 0.125. The molecule has 1 aromatic heterocycles. The maximum atomic E-state index is 12.8. The van der Waals surface area contributed by atoms with E-state index in [0.29, 0.717) is 33.4 Å². The summed E-state index contributed by atoms with van der Waals surface area (Å²) in [6, 6.07) is 21.3. The van der Waals surface area contributed by atoms with Crippen LogP contribution in [-0.2, 0) is 27.4 Å². The highest BCUT2D eigenvalue weighted by Crippen LogP contribution is 2.19. The second-order valence-corrected chi connectivity index (χ2v) is 7.45. The smallest absolute Gasteiger partial charge is 0.326 e. The number of hydrogen-bond acceptors (Lipinski definition) is 4. The van der Waals surface area contributed by atoms with E-state index in [9.17, 15) is 14.4 Å². The summed E-state index contributed by atoms with van der Waals surface area (Å²) in [5.41, 5.74) is 2.07. The number of aromatic nitrogens is 1. The number of pyridine rings is 1. The molecule has 1 N–H and O–H groups in total. The van der Waals surface area contributed by atoms with E-state index in [4.69, 9.17) is 16.3 Å². The Kier molecular flexibility index (Phi) is 6.00. The first-order valence-electron chi connectivity index (χ1n) is 9.70. The van der Waals surface area contributed by atoms with Gasteiger partial charge >= 0.3 is 5.97 Å². The lowest BCUT2D eigenvalue weighted by molar-refractivity contribution is -0.149. The number of benzene rings is 3. The van der Waals surface area contributed by atoms with Gasteiger partial charge in [0.05, 0.1) is 11.0 Å². The van der Waals surface area contributed by atoms with Gasteiger partial charge in [-0.15, -0.1) is 0 Å². The zero-order valence-corrected chi connectivity index (χ0v) is 17.3. The fourth-order valence-corrected chi connectivity index (χ4v) is 3.55. The Bertz CT molecular complexity index is 1270. The van der Waals surface area contributed by atoms with Gasteiger partial charge in [0.2, 0.25) is 0 Å². The van der Waals surface area contributed by atoms with Crippen molar-refractivity contribution in [1.82, 2.24) is 9.88 Å². The van der Waals surface area contributed by atoms with Crippen molar-refractivity contribution in [2.45, 2.75) is 13.1 Å². The van der Waals surface area contributed by atoms with E-state index in [2.05, 4.69) is 5.32 Å². The van der Waals surface area contributed by atoms with E-state index in [1.807, 2.05) is 12.1 Å². The average Bonchev–Trinajstić information content (AvgIpc) is 2.80. The van der Waals surface area contributed by atoms with Crippen LogP contribution in [0.15, 0.2) is 77.6 Å². The summed E-state index contributed by atoms with van der Waals surface area (Å²) in [5.74, 6) is -0.974. The van der Waals surface area contributed by atoms with Gasteiger partial charge in [-0.1, -0.05) is 48.0 Å². The summed E-state index contributed by atoms with van der Waals surface area (Å²) in [4.78, 5) is 37.3. The van der Waals surface area contributed by atoms with Crippen LogP contribution in [0.4, 0.5) is 0 Å². The molecule has 1 heterocycles. The predicted molar refractivity (Wildman–Crippen MR) is 120 cm³/mol. The molecule has 3 aromatic carbocycles. The van der Waals surface area contributed by atoms with Gasteiger partial charge in [0.15, 0.2) is 12.0 Å². The number of hydrogen-bond donors (Lipinski definition) is 1. The number of nitrogens with zero attached hydrogens (tertiary/aromatic N) is 1. The number of esters is 1. The van der Waals surface area contributed by atoms with Crippen LogP contribution in [0, 0.1) is 0 Å². The molecule has 0 saturated heterocycles. The summed E-state index contributed by atoms with van der Waals surface area (Å²) < 4.78 is 6.91. The molecular formula is C24H19ClN2O4. The highest BCUT2D eigenvalue weighted by molar-refractivity contribution is 6.30. The van der Waals surface area contributed by atoms with Crippen molar-refractivity contribution in [3.8, 4) is 0 Å². The number of fused-ring (bicyclic) bond motifs is 2. The third-order valence-electron chi connectivity index (χ3n) is 4.93. The predicted octanol–water partition coefficient (Wildman–Crippen LogP) is 3.67. The Hall–Kier alpha value is -3.64. The average molecular weight is 435 g/mol. The van der Waals surface area contributed by atoms with Gasteiger partial charge in [-0.25, -0.2) is 0 Å². The molecule has 1 amide bonds. The Morgan fingerprint density at radius 2 is 1.45 bits per heavy atom. The van der Waals surface area contributed by atoms with Gasteiger partial charge in [-0.05, 0) is 42.0 Å². The molecule has 0 radical (unpaired) electrons. The molecule has 0 aliphatic rings. The fourth-order valence-electron chi connectivity index (χ4n) is 3.42. The van der Waals surface area contributed by atoms with E-state index in [1.165, 1.54) is 0 Å². The van der Waals surface area contributed by atoms with Crippen molar-refractivity contribution in [3.05, 3.63) is 93.6 Å². The van der Waals surface area contributed by atoms with Gasteiger partial charge in [-0.3, -0.25) is 14.4 Å². The van der Waals surface area contributed by atoms with Crippen LogP contribution in [-0.4, -0.2) is 23.1 Å². The molecule has 4 rings (SSSR count). The normalized spacial score (nSPS) is 10.9. The lowest BCUT2D eigenvalue weighted by atomic mass is 10.1. The first kappa shape index (κ1) is 20.6. The van der Waals surface area contributed by atoms with Crippen LogP contribution < -0.4 is 10.7 Å². The lowest BCUT2D eigenvalue weighted by Gasteiger charge is -2.14. The third kappa shape index (κ3) is 4.59. The number of para-hydroxylation sites is 2. The summed E-state index contributed by atoms with van der Waals surface area (Å²) in [6.45, 7) is -0.198. The van der Waals surface area contributed by atoms with Crippen LogP contribution in [0.3, 0.4) is 0 Å². The topological polar surface area (TPSA) is 77.4 Å². The van der Waals surface area contributed by atoms with Crippen LogP contribution in [0.25, 0.3) is 21.8 Å². The largest absolute Gasteiger partial charge is 0.454 e. The molecule has 6 nitrogen and oxygen atoms in total. The number of amides is 1. The van der Waals surface area contributed by atoms with Gasteiger partial charge in [0.25, 0.3) is 5.91 Å². The lowest BCUT2D eigenvalue weighted by Crippen LogP contribution is -2.29. The van der Waals surface area contributed by atoms with Crippen LogP contribution in [0.2, 0.25) is 5.02 Å². The molecule has 31 heavy (non-hydrogen) atoms. The molecule has 7 heteroatoms. The van der Waals surface area contributed by atoms with E-state index in [-0.39, 0.29) is 18.6 Å². The van der Waals surface area contributed by atoms with Crippen molar-refractivity contribution in [1.29, 1.82) is 0 Å². The minimum Gasteiger partial charge on any atom is -0.454 e. The number of halogens is 1. The van der Waals surface area contributed by atoms with Crippen LogP contribution in [0.5, 0.6) is 0 Å². The van der Waals surface area contributed by atoms with Crippen molar-refractivity contribution in [2.75, 3.05) is 6.61 Å². The number of carbonyl (C=O) groups excluding carboxylic acids is 2. The Morgan fingerprint density at radius 1 is 0.871 bits per heavy atom. The standard InChI is InChI=1S/C24H19ClN2O4/c25-17-11-9-16(10-12-17)13-26-22(28)15-31-23(29)14-27-20-7-3-1-5-18(20)24(30)19-6-2-4-8-21(19)27/h1-12H,13-15H2,(H,26,28). The summed E-state index contributed by atoms with van der Waals surface area (Å²) in [7, 11) is 0. The monoisotopic (exact) mass is 434 g/mol. The van der Waals surface area contributed by atoms with Gasteiger partial charge < -0.3 is 14.6 Å². The van der Waals surface area contributed by atoms with Gasteiger partial charge in [-0.2, -0.15) is 0 Å². The number of rotatable bonds is 6. The van der Waals surface area contributed by atoms with Crippen molar-refractivity contribution < 1.29 is 14.3 Å². The number of ether oxygens (including phenoxy) is 1. The number of nitrogens with one attached hydrogen (secondary N) is 1. The zero-order chi connectivity index (χ0) is 21.8. The third-order valence-corrected chi connectivity index (χ3v) is 5.19. The molecule has 0 bridgehead atoms. The molecule has 0 aliphatic heterocycles. The molecule has 0 spiro atoms. The molecule has 0 saturated carbocycles. The molecule has 0 aliphatic carbocycles. The van der Waals surface area contributed by atoms with E-state index < -0.39 is 11.9 Å². The summed E-state index contributed by atoms with van der Waals surface area (Å²) in [5, 5.41) is 4.36. The highest BCUT2D eigenvalue weighted by atomic mass is 35.5. The summed E-state index contributed by atoms with van der Waals surface area (Å²) >= 11 is 5.84. The van der Waals surface area contributed by atoms with Crippen molar-refractivity contribution in [2.24, 2.45) is 0 Å². The second kappa shape index (κ2) is 9.02. The first-order chi connectivity index (χ1) is 15.0. The Morgan fingerprint density at radius 3 is 2.06 bits per heavy atom. The SMILES string of the molecule is O=C(COC(=O)Cn1c2ccccc2c(=O)c2ccccc21)NCc1ccc(Cl)cc1. The maximum Gasteiger partial charge on any atom is 0.326 e. The van der Waals surface area contributed by atoms with Crippen molar-refractivity contribution >= 4 is 45.3 Å². The molecule has 0 unspecified atom stereocenters. The molecule has 4 aromatic rings. The van der Waals surface area contributed by atoms with Gasteiger partial charge in [0.1, 0.15) is 6.54 Å². The maximum absolute atomic E-state index is 12.8. The second-order valence-electron chi connectivity index (χ2n) is 7.01. The minimum atomic E-state index is -0.569. The minimum absolute atomic E-state index is 0.0857. The molecule has 156 valence electrons.